The van der Waals surface area contributed by atoms with Crippen LogP contribution in [0.5, 0.6) is 5.75 Å². The van der Waals surface area contributed by atoms with Gasteiger partial charge >= 0.3 is 0 Å². The minimum Gasteiger partial charge on any atom is -0.491 e. The van der Waals surface area contributed by atoms with E-state index in [1.54, 1.807) is 53.0 Å². The number of aliphatic hydroxyl groups excluding tert-OH is 1. The van der Waals surface area contributed by atoms with Crippen molar-refractivity contribution in [3.05, 3.63) is 95.0 Å². The number of hydrogen-bond donors (Lipinski definition) is 3. The van der Waals surface area contributed by atoms with Crippen molar-refractivity contribution < 1.29 is 51.7 Å². The molecule has 0 spiro atoms. The summed E-state index contributed by atoms with van der Waals surface area (Å²) in [6.07, 6.45) is 3.77. The number of hydrogen-bond acceptors (Lipinski definition) is 12. The SMILES string of the molecule is CC(C)(C)[C@H](NC(=O)COCCCOCCCCOc1ccc(N2C(=S)N(c3cc(Cl)c(C#N)cc3F)C(=O)C2(C)C)cc1F)C(=O)N1C[C@H](O)C[C@H]1C(=O)NCc1ccc(-c2cnco2)cc1. The number of rotatable bonds is 20. The largest absolute Gasteiger partial charge is 0.491 e. The summed E-state index contributed by atoms with van der Waals surface area (Å²) in [6, 6.07) is 13.5. The van der Waals surface area contributed by atoms with Crippen molar-refractivity contribution in [2.45, 2.75) is 90.6 Å². The van der Waals surface area contributed by atoms with E-state index >= 15 is 8.78 Å². The van der Waals surface area contributed by atoms with Crippen LogP contribution in [0.2, 0.25) is 5.02 Å². The van der Waals surface area contributed by atoms with Crippen LogP contribution in [-0.4, -0.2) is 107 Å². The monoisotopic (exact) mass is 977 g/mol. The van der Waals surface area contributed by atoms with Gasteiger partial charge in [0.15, 0.2) is 28.8 Å². The second kappa shape index (κ2) is 22.4. The molecule has 1 aromatic heterocycles. The highest BCUT2D eigenvalue weighted by Gasteiger charge is 2.51. The van der Waals surface area contributed by atoms with Gasteiger partial charge in [-0.05, 0) is 80.6 Å². The van der Waals surface area contributed by atoms with Crippen LogP contribution in [0.4, 0.5) is 20.2 Å². The number of carbonyl (C=O) groups excluding carboxylic acids is 4. The number of aliphatic hydroxyl groups is 1. The number of halogens is 3. The average molecular weight is 979 g/mol. The lowest BCUT2D eigenvalue weighted by Gasteiger charge is -2.35. The van der Waals surface area contributed by atoms with Crippen LogP contribution in [0, 0.1) is 28.4 Å². The molecule has 6 rings (SSSR count). The van der Waals surface area contributed by atoms with E-state index in [1.807, 2.05) is 24.3 Å². The van der Waals surface area contributed by atoms with Gasteiger partial charge in [0.05, 0.1) is 35.2 Å². The molecule has 2 aliphatic heterocycles. The van der Waals surface area contributed by atoms with Crippen LogP contribution in [0.25, 0.3) is 11.3 Å². The van der Waals surface area contributed by atoms with Gasteiger partial charge in [0.1, 0.15) is 36.1 Å². The van der Waals surface area contributed by atoms with E-state index < -0.39 is 64.4 Å². The number of unbranched alkanes of at least 4 members (excludes halogenated alkanes) is 1. The van der Waals surface area contributed by atoms with Gasteiger partial charge < -0.3 is 44.2 Å². The van der Waals surface area contributed by atoms with E-state index in [0.29, 0.717) is 38.2 Å². The highest BCUT2D eigenvalue weighted by atomic mass is 35.5. The molecule has 0 saturated carbocycles. The van der Waals surface area contributed by atoms with Gasteiger partial charge in [-0.25, -0.2) is 13.8 Å². The lowest BCUT2D eigenvalue weighted by Crippen LogP contribution is -2.58. The number of ether oxygens (including phenoxy) is 3. The van der Waals surface area contributed by atoms with Crippen LogP contribution in [-0.2, 0) is 35.2 Å². The molecule has 2 aliphatic rings. The minimum absolute atomic E-state index is 0.00824. The highest BCUT2D eigenvalue weighted by molar-refractivity contribution is 7.81. The van der Waals surface area contributed by atoms with Crippen molar-refractivity contribution in [1.29, 1.82) is 5.26 Å². The first-order valence-electron chi connectivity index (χ1n) is 22.0. The van der Waals surface area contributed by atoms with E-state index in [-0.39, 0.29) is 72.2 Å². The molecule has 4 amide bonds. The first kappa shape index (κ1) is 51.4. The molecule has 3 heterocycles. The Balaban J connectivity index is 0.872. The fraction of sp³-hybridized carbons (Fsp3) is 0.438. The predicted molar refractivity (Wildman–Crippen MR) is 251 cm³/mol. The van der Waals surface area contributed by atoms with Crippen LogP contribution < -0.4 is 25.2 Å². The average Bonchev–Trinajstić information content (AvgIpc) is 4.02. The number of anilines is 2. The lowest BCUT2D eigenvalue weighted by atomic mass is 9.85. The second-order valence-corrected chi connectivity index (χ2v) is 18.7. The Hall–Kier alpha value is -6.04. The molecule has 0 aliphatic carbocycles. The highest BCUT2D eigenvalue weighted by Crippen LogP contribution is 2.40. The summed E-state index contributed by atoms with van der Waals surface area (Å²) >= 11 is 11.7. The fourth-order valence-electron chi connectivity index (χ4n) is 7.77. The van der Waals surface area contributed by atoms with E-state index in [4.69, 9.17) is 42.4 Å². The van der Waals surface area contributed by atoms with Gasteiger partial charge in [0.25, 0.3) is 5.91 Å². The molecule has 4 aromatic rings. The summed E-state index contributed by atoms with van der Waals surface area (Å²) in [7, 11) is 0. The minimum atomic E-state index is -1.32. The molecule has 3 N–H and O–H groups in total. The summed E-state index contributed by atoms with van der Waals surface area (Å²) in [4.78, 5) is 61.4. The zero-order valence-corrected chi connectivity index (χ0v) is 39.9. The van der Waals surface area contributed by atoms with Crippen LogP contribution >= 0.6 is 23.8 Å². The number of thiocarbonyl (C=S) groups is 1. The van der Waals surface area contributed by atoms with Crippen molar-refractivity contribution in [3.63, 3.8) is 0 Å². The molecule has 3 atom stereocenters. The Morgan fingerprint density at radius 1 is 1.03 bits per heavy atom. The van der Waals surface area contributed by atoms with Crippen molar-refractivity contribution >= 4 is 63.9 Å². The van der Waals surface area contributed by atoms with E-state index in [2.05, 4.69) is 15.6 Å². The number of β-amino-alcohol motifs (C(OH)–C–C–N with tert-alkyl or cyclic N) is 1. The van der Waals surface area contributed by atoms with E-state index in [1.165, 1.54) is 28.3 Å². The Labute approximate surface area is 403 Å². The summed E-state index contributed by atoms with van der Waals surface area (Å²) in [5.74, 6) is -2.92. The topological polar surface area (TPSA) is 200 Å². The molecular weight excluding hydrogens is 924 g/mol. The smallest absolute Gasteiger partial charge is 0.259 e. The fourth-order valence-corrected chi connectivity index (χ4v) is 8.49. The number of aromatic nitrogens is 1. The molecule has 0 unspecified atom stereocenters. The van der Waals surface area contributed by atoms with E-state index in [9.17, 15) is 29.5 Å². The maximum absolute atomic E-state index is 15.3. The van der Waals surface area contributed by atoms with Crippen LogP contribution in [0.3, 0.4) is 0 Å². The molecule has 68 heavy (non-hydrogen) atoms. The van der Waals surface area contributed by atoms with Gasteiger partial charge in [-0.15, -0.1) is 0 Å². The van der Waals surface area contributed by atoms with Crippen LogP contribution in [0.15, 0.2) is 71.6 Å². The first-order chi connectivity index (χ1) is 32.3. The molecule has 0 radical (unpaired) electrons. The normalized spacial score (nSPS) is 17.3. The third-order valence-electron chi connectivity index (χ3n) is 11.4. The second-order valence-electron chi connectivity index (χ2n) is 17.9. The third-order valence-corrected chi connectivity index (χ3v) is 12.1. The molecule has 362 valence electrons. The zero-order chi connectivity index (χ0) is 49.3. The number of nitriles is 1. The molecular formula is C48H54ClF2N7O9S. The Bertz CT molecular complexity index is 2520. The first-order valence-corrected chi connectivity index (χ1v) is 22.8. The molecule has 20 heteroatoms. The zero-order valence-electron chi connectivity index (χ0n) is 38.4. The number of likely N-dealkylation sites (tertiary alicyclic amines) is 1. The Morgan fingerprint density at radius 3 is 2.41 bits per heavy atom. The van der Waals surface area contributed by atoms with Crippen molar-refractivity contribution in [3.8, 4) is 23.1 Å². The number of amides is 4. The predicted octanol–water partition coefficient (Wildman–Crippen LogP) is 6.45. The number of carbonyl (C=O) groups is 4. The van der Waals surface area contributed by atoms with Crippen molar-refractivity contribution in [2.24, 2.45) is 5.41 Å². The molecule has 3 aromatic carbocycles. The quantitative estimate of drug-likeness (QED) is 0.0645. The van der Waals surface area contributed by atoms with Gasteiger partial charge in [-0.2, -0.15) is 5.26 Å². The molecule has 2 saturated heterocycles. The van der Waals surface area contributed by atoms with Gasteiger partial charge in [0.2, 0.25) is 17.7 Å². The standard InChI is InChI=1S/C48H54ClF2N7O9S/c1-47(2,3)42(44(62)56-26-33(59)21-38(56)43(61)54-24-29-9-11-30(12-10-29)40-25-53-28-67-40)55-41(60)27-65-17-8-16-64-15-6-7-18-66-39-14-13-32(20-36(39)51)58-46(68)57(45(63)48(58,4)5)37-22-34(49)31(23-52)19-35(37)50/h9-14,19-20,22,25,28,33,38,42,59H,6-8,15-18,21,24,26-27H2,1-5H3,(H,54,61)(H,55,60)/t33-,38+,42-/m1/s1. The van der Waals surface area contributed by atoms with Gasteiger partial charge in [0, 0.05) is 56.6 Å². The summed E-state index contributed by atoms with van der Waals surface area (Å²) < 4.78 is 52.5. The Kier molecular flexibility index (Phi) is 16.9. The van der Waals surface area contributed by atoms with E-state index in [0.717, 1.165) is 28.2 Å². The number of benzene rings is 3. The number of oxazole rings is 1. The maximum Gasteiger partial charge on any atom is 0.259 e. The number of nitrogens with zero attached hydrogens (tertiary/aromatic N) is 5. The van der Waals surface area contributed by atoms with Crippen molar-refractivity contribution in [2.75, 3.05) is 49.4 Å². The van der Waals surface area contributed by atoms with Gasteiger partial charge in [-0.3, -0.25) is 24.1 Å². The number of nitrogens with one attached hydrogen (secondary N) is 2. The Morgan fingerprint density at radius 2 is 1.74 bits per heavy atom. The lowest BCUT2D eigenvalue weighted by molar-refractivity contribution is -0.144. The van der Waals surface area contributed by atoms with Crippen molar-refractivity contribution in [1.82, 2.24) is 20.5 Å². The molecule has 2 fully saturated rings. The van der Waals surface area contributed by atoms with Gasteiger partial charge in [-0.1, -0.05) is 56.6 Å². The molecule has 16 nitrogen and oxygen atoms in total. The third kappa shape index (κ3) is 12.2. The van der Waals surface area contributed by atoms with Crippen LogP contribution in [0.1, 0.15) is 71.4 Å². The summed E-state index contributed by atoms with van der Waals surface area (Å²) in [5.41, 5.74) is -0.461. The summed E-state index contributed by atoms with van der Waals surface area (Å²) in [6.45, 7) is 9.58. The molecule has 0 bridgehead atoms. The summed E-state index contributed by atoms with van der Waals surface area (Å²) in [5, 5.41) is 25.2. The maximum atomic E-state index is 15.3.